The second kappa shape index (κ2) is 4.22. The van der Waals surface area contributed by atoms with Crippen LogP contribution < -0.4 is 0 Å². The van der Waals surface area contributed by atoms with Gasteiger partial charge in [-0.3, -0.25) is 0 Å². The van der Waals surface area contributed by atoms with Gasteiger partial charge >= 0.3 is 0 Å². The van der Waals surface area contributed by atoms with Gasteiger partial charge in [0.25, 0.3) is 0 Å². The van der Waals surface area contributed by atoms with Gasteiger partial charge in [-0.25, -0.2) is 0 Å². The normalized spacial score (nSPS) is 50.6. The van der Waals surface area contributed by atoms with Crippen molar-refractivity contribution < 1.29 is 4.74 Å². The molecule has 0 spiro atoms. The lowest BCUT2D eigenvalue weighted by atomic mass is 9.49. The minimum atomic E-state index is 0.346. The van der Waals surface area contributed by atoms with Crippen molar-refractivity contribution in [3.8, 4) is 0 Å². The van der Waals surface area contributed by atoms with Crippen molar-refractivity contribution in [3.05, 3.63) is 23.3 Å². The second-order valence-corrected chi connectivity index (χ2v) is 8.14. The van der Waals surface area contributed by atoms with E-state index in [-0.39, 0.29) is 0 Å². The number of allylic oxidation sites excluding steroid dienone is 3. The highest BCUT2D eigenvalue weighted by atomic mass is 16.5. The van der Waals surface area contributed by atoms with Crippen molar-refractivity contribution >= 4 is 0 Å². The molecule has 0 aromatic rings. The summed E-state index contributed by atoms with van der Waals surface area (Å²) in [5.74, 6) is 2.64. The second-order valence-electron chi connectivity index (χ2n) is 8.14. The van der Waals surface area contributed by atoms with E-state index in [4.69, 9.17) is 4.74 Å². The van der Waals surface area contributed by atoms with Gasteiger partial charge in [-0.2, -0.15) is 0 Å². The summed E-state index contributed by atoms with van der Waals surface area (Å²) in [4.78, 5) is 0. The van der Waals surface area contributed by atoms with Crippen LogP contribution in [0.25, 0.3) is 0 Å². The van der Waals surface area contributed by atoms with Crippen LogP contribution in [0.5, 0.6) is 0 Å². The fourth-order valence-corrected chi connectivity index (χ4v) is 5.99. The summed E-state index contributed by atoms with van der Waals surface area (Å²) in [5.41, 5.74) is 4.23. The summed E-state index contributed by atoms with van der Waals surface area (Å²) in [6, 6.07) is 0. The molecular weight excluding hydrogens is 244 g/mol. The summed E-state index contributed by atoms with van der Waals surface area (Å²) in [6.07, 6.45) is 11.8. The zero-order valence-electron chi connectivity index (χ0n) is 13.2. The maximum atomic E-state index is 5.89. The average Bonchev–Trinajstić information content (AvgIpc) is 2.74. The van der Waals surface area contributed by atoms with Crippen molar-refractivity contribution in [3.63, 3.8) is 0 Å². The van der Waals surface area contributed by atoms with Gasteiger partial charge in [0, 0.05) is 5.41 Å². The molecule has 4 rings (SSSR count). The van der Waals surface area contributed by atoms with Gasteiger partial charge in [0.1, 0.15) is 0 Å². The van der Waals surface area contributed by atoms with Crippen LogP contribution in [0.15, 0.2) is 23.3 Å². The molecule has 0 radical (unpaired) electrons. The molecule has 0 aromatic carbocycles. The Labute approximate surface area is 123 Å². The van der Waals surface area contributed by atoms with Gasteiger partial charge in [-0.1, -0.05) is 37.1 Å². The van der Waals surface area contributed by atoms with Gasteiger partial charge in [0.2, 0.25) is 0 Å². The zero-order valence-corrected chi connectivity index (χ0v) is 13.2. The number of hydrogen-bond acceptors (Lipinski definition) is 1. The zero-order chi connectivity index (χ0) is 14.0. The van der Waals surface area contributed by atoms with E-state index in [2.05, 4.69) is 32.9 Å². The standard InChI is InChI=1S/C19H28O/c1-13-4-7-16-15-6-5-14-9-11-20-12-19(14,3)17(15)8-10-18(13,16)2/h4-5,15-17H,6-12H2,1-3H3/t15-,16-,17-,18+,19-/m0/s1. The summed E-state index contributed by atoms with van der Waals surface area (Å²) in [6.45, 7) is 9.31. The molecule has 1 heteroatoms. The smallest absolute Gasteiger partial charge is 0.0559 e. The lowest BCUT2D eigenvalue weighted by Gasteiger charge is -2.56. The van der Waals surface area contributed by atoms with E-state index in [1.165, 1.54) is 32.1 Å². The van der Waals surface area contributed by atoms with E-state index in [1.54, 1.807) is 11.1 Å². The van der Waals surface area contributed by atoms with Crippen molar-refractivity contribution in [2.24, 2.45) is 28.6 Å². The largest absolute Gasteiger partial charge is 0.380 e. The molecular formula is C19H28O. The topological polar surface area (TPSA) is 9.23 Å². The van der Waals surface area contributed by atoms with Gasteiger partial charge in [0.05, 0.1) is 13.2 Å². The summed E-state index contributed by atoms with van der Waals surface area (Å²) >= 11 is 0. The highest BCUT2D eigenvalue weighted by molar-refractivity contribution is 5.28. The Morgan fingerprint density at radius 2 is 1.95 bits per heavy atom. The van der Waals surface area contributed by atoms with E-state index in [0.717, 1.165) is 31.0 Å². The number of ether oxygens (including phenoxy) is 1. The minimum absolute atomic E-state index is 0.346. The molecule has 4 aliphatic rings. The molecule has 0 amide bonds. The summed E-state index contributed by atoms with van der Waals surface area (Å²) < 4.78 is 5.89. The molecule has 20 heavy (non-hydrogen) atoms. The van der Waals surface area contributed by atoms with Crippen LogP contribution in [0.1, 0.15) is 52.9 Å². The highest BCUT2D eigenvalue weighted by Gasteiger charge is 2.55. The number of hydrogen-bond donors (Lipinski definition) is 0. The van der Waals surface area contributed by atoms with Crippen LogP contribution in [0.4, 0.5) is 0 Å². The Hall–Kier alpha value is -0.560. The monoisotopic (exact) mass is 272 g/mol. The lowest BCUT2D eigenvalue weighted by molar-refractivity contribution is -0.0644. The van der Waals surface area contributed by atoms with E-state index in [0.29, 0.717) is 10.8 Å². The first-order chi connectivity index (χ1) is 9.56. The fourth-order valence-electron chi connectivity index (χ4n) is 5.99. The molecule has 0 bridgehead atoms. The van der Waals surface area contributed by atoms with Crippen molar-refractivity contribution in [1.29, 1.82) is 0 Å². The average molecular weight is 272 g/mol. The third-order valence-corrected chi connectivity index (χ3v) is 7.51. The van der Waals surface area contributed by atoms with Crippen LogP contribution in [0.3, 0.4) is 0 Å². The Balaban J connectivity index is 1.70. The fraction of sp³-hybridized carbons (Fsp3) is 0.789. The number of rotatable bonds is 0. The van der Waals surface area contributed by atoms with E-state index in [9.17, 15) is 0 Å². The van der Waals surface area contributed by atoms with Crippen LogP contribution in [0.2, 0.25) is 0 Å². The Bertz CT molecular complexity index is 488. The highest BCUT2D eigenvalue weighted by Crippen LogP contribution is 2.63. The van der Waals surface area contributed by atoms with Crippen LogP contribution >= 0.6 is 0 Å². The first-order valence-corrected chi connectivity index (χ1v) is 8.50. The SMILES string of the molecule is CC1=CC[C@H]2[C@@H]3CC=C4CCOC[C@]4(C)[C@H]3CC[C@]12C. The molecule has 0 N–H and O–H groups in total. The van der Waals surface area contributed by atoms with Crippen molar-refractivity contribution in [1.82, 2.24) is 0 Å². The predicted octanol–water partition coefficient (Wildman–Crippen LogP) is 4.74. The van der Waals surface area contributed by atoms with Crippen LogP contribution in [0, 0.1) is 28.6 Å². The maximum Gasteiger partial charge on any atom is 0.0559 e. The first-order valence-electron chi connectivity index (χ1n) is 8.50. The number of fused-ring (bicyclic) bond motifs is 5. The molecule has 0 unspecified atom stereocenters. The minimum Gasteiger partial charge on any atom is -0.380 e. The maximum absolute atomic E-state index is 5.89. The molecule has 110 valence electrons. The van der Waals surface area contributed by atoms with Crippen LogP contribution in [-0.4, -0.2) is 13.2 Å². The van der Waals surface area contributed by atoms with Crippen molar-refractivity contribution in [2.45, 2.75) is 52.9 Å². The van der Waals surface area contributed by atoms with E-state index in [1.807, 2.05) is 0 Å². The van der Waals surface area contributed by atoms with E-state index >= 15 is 0 Å². The summed E-state index contributed by atoms with van der Waals surface area (Å²) in [5, 5.41) is 0. The molecule has 1 nitrogen and oxygen atoms in total. The third kappa shape index (κ3) is 1.53. The molecule has 1 saturated carbocycles. The molecule has 1 heterocycles. The van der Waals surface area contributed by atoms with Gasteiger partial charge in [-0.05, 0) is 62.2 Å². The Morgan fingerprint density at radius 1 is 1.10 bits per heavy atom. The lowest BCUT2D eigenvalue weighted by Crippen LogP contribution is -2.51. The van der Waals surface area contributed by atoms with Gasteiger partial charge in [0.15, 0.2) is 0 Å². The molecule has 3 aliphatic carbocycles. The molecule has 5 atom stereocenters. The van der Waals surface area contributed by atoms with Gasteiger partial charge in [-0.15, -0.1) is 0 Å². The van der Waals surface area contributed by atoms with Gasteiger partial charge < -0.3 is 4.74 Å². The Morgan fingerprint density at radius 3 is 2.80 bits per heavy atom. The Kier molecular flexibility index (Phi) is 2.77. The molecule has 0 aromatic heterocycles. The van der Waals surface area contributed by atoms with Crippen molar-refractivity contribution in [2.75, 3.05) is 13.2 Å². The first kappa shape index (κ1) is 13.1. The third-order valence-electron chi connectivity index (χ3n) is 7.51. The summed E-state index contributed by atoms with van der Waals surface area (Å²) in [7, 11) is 0. The van der Waals surface area contributed by atoms with Crippen LogP contribution in [-0.2, 0) is 4.74 Å². The molecule has 2 fully saturated rings. The molecule has 1 saturated heterocycles. The van der Waals surface area contributed by atoms with E-state index < -0.39 is 0 Å². The quantitative estimate of drug-likeness (QED) is 0.579. The molecule has 1 aliphatic heterocycles. The predicted molar refractivity (Wildman–Crippen MR) is 82.4 cm³/mol.